The molecule has 1 aromatic heterocycles. The highest BCUT2D eigenvalue weighted by molar-refractivity contribution is 6.00. The van der Waals surface area contributed by atoms with Gasteiger partial charge in [-0.3, -0.25) is 14.6 Å². The van der Waals surface area contributed by atoms with Gasteiger partial charge >= 0.3 is 0 Å². The normalized spacial score (nSPS) is 20.9. The molecule has 5 rings (SSSR count). The fourth-order valence-electron chi connectivity index (χ4n) is 5.51. The summed E-state index contributed by atoms with van der Waals surface area (Å²) >= 11 is 0. The molecule has 4 N–H and O–H groups in total. The SMILES string of the molecule is C[C@@H](C(=O)Nc1cc(C(=O)NC2CCC2)ccc1N)C1CCC(c2ccnc3ccc(F)cc23)CC1. The van der Waals surface area contributed by atoms with Gasteiger partial charge in [-0.25, -0.2) is 4.39 Å². The van der Waals surface area contributed by atoms with Crippen molar-refractivity contribution in [2.75, 3.05) is 11.1 Å². The molecule has 6 nitrogen and oxygen atoms in total. The van der Waals surface area contributed by atoms with Crippen molar-refractivity contribution in [1.82, 2.24) is 10.3 Å². The molecule has 0 spiro atoms. The van der Waals surface area contributed by atoms with Gasteiger partial charge in [0.2, 0.25) is 5.91 Å². The summed E-state index contributed by atoms with van der Waals surface area (Å²) in [5, 5.41) is 6.86. The van der Waals surface area contributed by atoms with Gasteiger partial charge in [-0.2, -0.15) is 0 Å². The minimum atomic E-state index is -0.250. The van der Waals surface area contributed by atoms with Gasteiger partial charge < -0.3 is 16.4 Å². The van der Waals surface area contributed by atoms with Crippen molar-refractivity contribution in [1.29, 1.82) is 0 Å². The highest BCUT2D eigenvalue weighted by Crippen LogP contribution is 2.41. The van der Waals surface area contributed by atoms with Crippen LogP contribution in [-0.4, -0.2) is 22.8 Å². The maximum absolute atomic E-state index is 13.9. The molecule has 1 atom stereocenters. The molecule has 7 heteroatoms. The number of anilines is 2. The number of amides is 2. The summed E-state index contributed by atoms with van der Waals surface area (Å²) < 4.78 is 13.9. The van der Waals surface area contributed by atoms with Gasteiger partial charge in [0.05, 0.1) is 16.9 Å². The summed E-state index contributed by atoms with van der Waals surface area (Å²) in [6.07, 6.45) is 8.67. The number of fused-ring (bicyclic) bond motifs is 1. The fraction of sp³-hybridized carbons (Fsp3) is 0.414. The van der Waals surface area contributed by atoms with E-state index in [2.05, 4.69) is 15.6 Å². The molecule has 0 aliphatic heterocycles. The van der Waals surface area contributed by atoms with Crippen LogP contribution >= 0.6 is 0 Å². The lowest BCUT2D eigenvalue weighted by molar-refractivity contribution is -0.121. The second-order valence-electron chi connectivity index (χ2n) is 10.4. The maximum Gasteiger partial charge on any atom is 0.251 e. The molecule has 2 amide bonds. The Balaban J connectivity index is 1.21. The van der Waals surface area contributed by atoms with Gasteiger partial charge in [0.15, 0.2) is 0 Å². The third kappa shape index (κ3) is 5.06. The quantitative estimate of drug-likeness (QED) is 0.383. The molecular weight excluding hydrogens is 455 g/mol. The first-order chi connectivity index (χ1) is 17.4. The number of rotatable bonds is 6. The highest BCUT2D eigenvalue weighted by atomic mass is 19.1. The van der Waals surface area contributed by atoms with Crippen LogP contribution in [0.25, 0.3) is 10.9 Å². The Morgan fingerprint density at radius 2 is 1.81 bits per heavy atom. The second kappa shape index (κ2) is 10.2. The second-order valence-corrected chi connectivity index (χ2v) is 10.4. The van der Waals surface area contributed by atoms with Crippen LogP contribution in [0.15, 0.2) is 48.7 Å². The third-order valence-electron chi connectivity index (χ3n) is 8.08. The average molecular weight is 489 g/mol. The molecule has 1 heterocycles. The molecule has 3 aromatic rings. The van der Waals surface area contributed by atoms with E-state index in [4.69, 9.17) is 5.73 Å². The number of carbonyl (C=O) groups is 2. The van der Waals surface area contributed by atoms with E-state index in [0.29, 0.717) is 22.9 Å². The first-order valence-electron chi connectivity index (χ1n) is 12.9. The Bertz CT molecular complexity index is 1280. The van der Waals surface area contributed by atoms with E-state index in [9.17, 15) is 14.0 Å². The highest BCUT2D eigenvalue weighted by Gasteiger charge is 2.31. The molecule has 2 aliphatic rings. The molecule has 0 saturated heterocycles. The number of nitrogen functional groups attached to an aromatic ring is 1. The van der Waals surface area contributed by atoms with Gasteiger partial charge in [0, 0.05) is 29.1 Å². The van der Waals surface area contributed by atoms with Crippen molar-refractivity contribution in [2.24, 2.45) is 11.8 Å². The zero-order valence-electron chi connectivity index (χ0n) is 20.6. The zero-order valence-corrected chi connectivity index (χ0v) is 20.6. The first-order valence-corrected chi connectivity index (χ1v) is 12.9. The number of benzene rings is 2. The smallest absolute Gasteiger partial charge is 0.251 e. The Morgan fingerprint density at radius 3 is 2.53 bits per heavy atom. The van der Waals surface area contributed by atoms with Crippen LogP contribution in [0.3, 0.4) is 0 Å². The number of pyridine rings is 1. The van der Waals surface area contributed by atoms with E-state index >= 15 is 0 Å². The summed E-state index contributed by atoms with van der Waals surface area (Å²) in [5.41, 5.74) is 9.48. The number of carbonyl (C=O) groups excluding carboxylic acids is 2. The summed E-state index contributed by atoms with van der Waals surface area (Å²) in [7, 11) is 0. The summed E-state index contributed by atoms with van der Waals surface area (Å²) in [4.78, 5) is 30.0. The number of nitrogens with one attached hydrogen (secondary N) is 2. The molecule has 0 unspecified atom stereocenters. The molecule has 188 valence electrons. The summed E-state index contributed by atoms with van der Waals surface area (Å²) in [6, 6.07) is 12.0. The number of hydrogen-bond donors (Lipinski definition) is 3. The minimum absolute atomic E-state index is 0.0851. The predicted molar refractivity (Wildman–Crippen MR) is 140 cm³/mol. The van der Waals surface area contributed by atoms with Crippen LogP contribution in [0.2, 0.25) is 0 Å². The summed E-state index contributed by atoms with van der Waals surface area (Å²) in [6.45, 7) is 1.96. The molecule has 2 fully saturated rings. The standard InChI is InChI=1S/C29H33FN4O2/c1-17(28(35)34-27-15-20(9-11-25(27)31)29(36)33-22-3-2-4-22)18-5-7-19(8-6-18)23-13-14-32-26-12-10-21(30)16-24(23)26/h9-19,22H,2-8,31H2,1H3,(H,33,36)(H,34,35)/t17-,18?,19?/m1/s1. The molecule has 36 heavy (non-hydrogen) atoms. The van der Waals surface area contributed by atoms with Gasteiger partial charge in [-0.15, -0.1) is 0 Å². The van der Waals surface area contributed by atoms with Crippen molar-refractivity contribution in [2.45, 2.75) is 63.8 Å². The number of halogens is 1. The van der Waals surface area contributed by atoms with Crippen LogP contribution in [0.4, 0.5) is 15.8 Å². The number of nitrogens with two attached hydrogens (primary N) is 1. The average Bonchev–Trinajstić information content (AvgIpc) is 2.86. The van der Waals surface area contributed by atoms with Crippen LogP contribution < -0.4 is 16.4 Å². The van der Waals surface area contributed by atoms with Gasteiger partial charge in [0.25, 0.3) is 5.91 Å². The predicted octanol–water partition coefficient (Wildman–Crippen LogP) is 5.79. The Morgan fingerprint density at radius 1 is 1.03 bits per heavy atom. The van der Waals surface area contributed by atoms with Crippen LogP contribution in [0.1, 0.15) is 73.7 Å². The van der Waals surface area contributed by atoms with Crippen LogP contribution in [0.5, 0.6) is 0 Å². The van der Waals surface area contributed by atoms with Crippen molar-refractivity contribution in [3.8, 4) is 0 Å². The van der Waals surface area contributed by atoms with E-state index < -0.39 is 0 Å². The monoisotopic (exact) mass is 488 g/mol. The molecule has 0 radical (unpaired) electrons. The van der Waals surface area contributed by atoms with Crippen LogP contribution in [-0.2, 0) is 4.79 Å². The van der Waals surface area contributed by atoms with Crippen molar-refractivity contribution >= 4 is 34.1 Å². The topological polar surface area (TPSA) is 97.1 Å². The van der Waals surface area contributed by atoms with E-state index in [-0.39, 0.29) is 35.5 Å². The Labute approximate surface area is 210 Å². The number of nitrogens with zero attached hydrogens (tertiary/aromatic N) is 1. The molecule has 2 aromatic carbocycles. The summed E-state index contributed by atoms with van der Waals surface area (Å²) in [5.74, 6) is -0.0880. The first kappa shape index (κ1) is 24.2. The molecular formula is C29H33FN4O2. The minimum Gasteiger partial charge on any atom is -0.397 e. The molecule has 2 aliphatic carbocycles. The van der Waals surface area contributed by atoms with E-state index in [1.54, 1.807) is 36.5 Å². The lowest BCUT2D eigenvalue weighted by Crippen LogP contribution is -2.39. The third-order valence-corrected chi connectivity index (χ3v) is 8.08. The van der Waals surface area contributed by atoms with E-state index in [0.717, 1.165) is 61.4 Å². The number of aromatic nitrogens is 1. The molecule has 2 saturated carbocycles. The van der Waals surface area contributed by atoms with Crippen molar-refractivity contribution < 1.29 is 14.0 Å². The van der Waals surface area contributed by atoms with E-state index in [1.807, 2.05) is 13.0 Å². The zero-order chi connectivity index (χ0) is 25.2. The maximum atomic E-state index is 13.9. The van der Waals surface area contributed by atoms with Gasteiger partial charge in [0.1, 0.15) is 5.82 Å². The Kier molecular flexibility index (Phi) is 6.90. The number of hydrogen-bond acceptors (Lipinski definition) is 4. The molecule has 0 bridgehead atoms. The van der Waals surface area contributed by atoms with Gasteiger partial charge in [-0.1, -0.05) is 6.92 Å². The largest absolute Gasteiger partial charge is 0.397 e. The van der Waals surface area contributed by atoms with Crippen LogP contribution in [0, 0.1) is 17.7 Å². The Hall–Kier alpha value is -3.48. The fourth-order valence-corrected chi connectivity index (χ4v) is 5.51. The van der Waals surface area contributed by atoms with E-state index in [1.165, 1.54) is 6.07 Å². The lowest BCUT2D eigenvalue weighted by atomic mass is 9.73. The lowest BCUT2D eigenvalue weighted by Gasteiger charge is -2.32. The van der Waals surface area contributed by atoms with Crippen molar-refractivity contribution in [3.63, 3.8) is 0 Å². The van der Waals surface area contributed by atoms with Gasteiger partial charge in [-0.05, 0) is 105 Å². The van der Waals surface area contributed by atoms with Crippen molar-refractivity contribution in [3.05, 3.63) is 65.6 Å².